The van der Waals surface area contributed by atoms with Crippen LogP contribution in [-0.4, -0.2) is 33.7 Å². The van der Waals surface area contributed by atoms with E-state index in [1.165, 1.54) is 0 Å². The van der Waals surface area contributed by atoms with Gasteiger partial charge in [-0.05, 0) is 47.7 Å². The zero-order valence-electron chi connectivity index (χ0n) is 17.0. The fraction of sp³-hybridized carbons (Fsp3) is 0.381. The predicted molar refractivity (Wildman–Crippen MR) is 113 cm³/mol. The van der Waals surface area contributed by atoms with Crippen LogP contribution in [0.15, 0.2) is 42.5 Å². The van der Waals surface area contributed by atoms with Crippen molar-refractivity contribution in [1.82, 2.24) is 5.32 Å². The first-order valence-corrected chi connectivity index (χ1v) is 11.0. The fourth-order valence-corrected chi connectivity index (χ4v) is 3.39. The summed E-state index contributed by atoms with van der Waals surface area (Å²) in [6.45, 7) is 8.84. The number of rotatable bonds is 7. The highest BCUT2D eigenvalue weighted by Gasteiger charge is 2.18. The van der Waals surface area contributed by atoms with E-state index in [1.807, 2.05) is 24.3 Å². The van der Waals surface area contributed by atoms with Crippen molar-refractivity contribution in [3.63, 3.8) is 0 Å². The Hall–Kier alpha value is -2.54. The Labute approximate surface area is 167 Å². The standard InChI is InChI=1S/C21H28N2O4S/c1-15-14-16(10-11-18(15)23-28(5,25)26)20(24)22-12-13-27-19-9-7-6-8-17(19)21(2,3)4/h6-11,14,23H,12-13H2,1-5H3,(H,22,24). The quantitative estimate of drug-likeness (QED) is 0.692. The van der Waals surface area contributed by atoms with Gasteiger partial charge in [0.25, 0.3) is 5.91 Å². The number of nitrogens with one attached hydrogen (secondary N) is 2. The smallest absolute Gasteiger partial charge is 0.251 e. The molecule has 0 saturated heterocycles. The van der Waals surface area contributed by atoms with Crippen molar-refractivity contribution >= 4 is 21.6 Å². The van der Waals surface area contributed by atoms with Gasteiger partial charge < -0.3 is 10.1 Å². The van der Waals surface area contributed by atoms with Gasteiger partial charge in [-0.15, -0.1) is 0 Å². The summed E-state index contributed by atoms with van der Waals surface area (Å²) >= 11 is 0. The molecule has 2 aromatic carbocycles. The number of carbonyl (C=O) groups is 1. The molecule has 0 aromatic heterocycles. The van der Waals surface area contributed by atoms with Crippen molar-refractivity contribution in [2.75, 3.05) is 24.1 Å². The highest BCUT2D eigenvalue weighted by Crippen LogP contribution is 2.30. The average Bonchev–Trinajstić information content (AvgIpc) is 2.58. The number of sulfonamides is 1. The van der Waals surface area contributed by atoms with E-state index >= 15 is 0 Å². The Morgan fingerprint density at radius 3 is 2.39 bits per heavy atom. The maximum absolute atomic E-state index is 12.3. The van der Waals surface area contributed by atoms with Crippen molar-refractivity contribution in [2.45, 2.75) is 33.1 Å². The summed E-state index contributed by atoms with van der Waals surface area (Å²) in [5, 5.41) is 2.82. The van der Waals surface area contributed by atoms with Crippen LogP contribution >= 0.6 is 0 Å². The zero-order chi connectivity index (χ0) is 20.9. The highest BCUT2D eigenvalue weighted by molar-refractivity contribution is 7.92. The van der Waals surface area contributed by atoms with Gasteiger partial charge >= 0.3 is 0 Å². The van der Waals surface area contributed by atoms with Crippen molar-refractivity contribution in [1.29, 1.82) is 0 Å². The monoisotopic (exact) mass is 404 g/mol. The van der Waals surface area contributed by atoms with Gasteiger partial charge in [-0.1, -0.05) is 39.0 Å². The van der Waals surface area contributed by atoms with Crippen LogP contribution in [-0.2, 0) is 15.4 Å². The van der Waals surface area contributed by atoms with Crippen LogP contribution < -0.4 is 14.8 Å². The first kappa shape index (κ1) is 21.8. The molecule has 152 valence electrons. The second-order valence-electron chi connectivity index (χ2n) is 7.75. The molecule has 0 fully saturated rings. The lowest BCUT2D eigenvalue weighted by Crippen LogP contribution is -2.28. The van der Waals surface area contributed by atoms with Crippen LogP contribution in [0, 0.1) is 6.92 Å². The average molecular weight is 405 g/mol. The molecule has 28 heavy (non-hydrogen) atoms. The lowest BCUT2D eigenvalue weighted by molar-refractivity contribution is 0.0946. The number of aryl methyl sites for hydroxylation is 1. The summed E-state index contributed by atoms with van der Waals surface area (Å²) in [6.07, 6.45) is 1.09. The van der Waals surface area contributed by atoms with Gasteiger partial charge in [0, 0.05) is 5.56 Å². The molecule has 2 N–H and O–H groups in total. The Morgan fingerprint density at radius 1 is 1.11 bits per heavy atom. The van der Waals surface area contributed by atoms with Crippen molar-refractivity contribution in [2.24, 2.45) is 0 Å². The summed E-state index contributed by atoms with van der Waals surface area (Å²) in [7, 11) is -3.36. The number of hydrogen-bond donors (Lipinski definition) is 2. The van der Waals surface area contributed by atoms with Crippen LogP contribution in [0.2, 0.25) is 0 Å². The molecule has 0 radical (unpaired) electrons. The van der Waals surface area contributed by atoms with Crippen LogP contribution in [0.5, 0.6) is 5.75 Å². The van der Waals surface area contributed by atoms with E-state index in [4.69, 9.17) is 4.74 Å². The normalized spacial score (nSPS) is 11.8. The summed E-state index contributed by atoms with van der Waals surface area (Å²) in [5.74, 6) is 0.581. The number of hydrogen-bond acceptors (Lipinski definition) is 4. The number of carbonyl (C=O) groups excluding carboxylic acids is 1. The van der Waals surface area contributed by atoms with Gasteiger partial charge in [-0.3, -0.25) is 9.52 Å². The Kier molecular flexibility index (Phi) is 6.72. The van der Waals surface area contributed by atoms with Gasteiger partial charge in [0.2, 0.25) is 10.0 Å². The molecule has 0 saturated carbocycles. The van der Waals surface area contributed by atoms with Crippen LogP contribution in [0.25, 0.3) is 0 Å². The molecular weight excluding hydrogens is 376 g/mol. The SMILES string of the molecule is Cc1cc(C(=O)NCCOc2ccccc2C(C)(C)C)ccc1NS(C)(=O)=O. The molecule has 0 heterocycles. The van der Waals surface area contributed by atoms with E-state index < -0.39 is 10.0 Å². The minimum Gasteiger partial charge on any atom is -0.491 e. The Morgan fingerprint density at radius 2 is 1.79 bits per heavy atom. The molecule has 0 spiro atoms. The summed E-state index contributed by atoms with van der Waals surface area (Å²) in [4.78, 5) is 12.3. The molecule has 0 aliphatic heterocycles. The van der Waals surface area contributed by atoms with Gasteiger partial charge in [-0.2, -0.15) is 0 Å². The highest BCUT2D eigenvalue weighted by atomic mass is 32.2. The third-order valence-corrected chi connectivity index (χ3v) is 4.71. The Balaban J connectivity index is 1.93. The molecule has 0 aliphatic rings. The van der Waals surface area contributed by atoms with E-state index in [-0.39, 0.29) is 11.3 Å². The molecule has 0 bridgehead atoms. The number of anilines is 1. The fourth-order valence-electron chi connectivity index (χ4n) is 2.76. The van der Waals surface area contributed by atoms with Crippen molar-refractivity contribution < 1.29 is 17.9 Å². The van der Waals surface area contributed by atoms with Crippen LogP contribution in [0.4, 0.5) is 5.69 Å². The molecule has 1 amide bonds. The van der Waals surface area contributed by atoms with E-state index in [0.29, 0.717) is 30.0 Å². The maximum Gasteiger partial charge on any atom is 0.251 e. The van der Waals surface area contributed by atoms with Crippen molar-refractivity contribution in [3.8, 4) is 5.75 Å². The second kappa shape index (κ2) is 8.65. The first-order chi connectivity index (χ1) is 13.0. The lowest BCUT2D eigenvalue weighted by Gasteiger charge is -2.22. The lowest BCUT2D eigenvalue weighted by atomic mass is 9.86. The minimum absolute atomic E-state index is 0.0287. The molecule has 0 unspecified atom stereocenters. The summed E-state index contributed by atoms with van der Waals surface area (Å²) < 4.78 is 31.0. The number of benzene rings is 2. The molecule has 7 heteroatoms. The third kappa shape index (κ3) is 6.27. The van der Waals surface area contributed by atoms with E-state index in [9.17, 15) is 13.2 Å². The summed E-state index contributed by atoms with van der Waals surface area (Å²) in [5.41, 5.74) is 2.69. The largest absolute Gasteiger partial charge is 0.491 e. The second-order valence-corrected chi connectivity index (χ2v) is 9.50. The Bertz CT molecular complexity index is 947. The predicted octanol–water partition coefficient (Wildman–Crippen LogP) is 3.47. The minimum atomic E-state index is -3.36. The van der Waals surface area contributed by atoms with Gasteiger partial charge in [0.05, 0.1) is 18.5 Å². The van der Waals surface area contributed by atoms with Crippen LogP contribution in [0.1, 0.15) is 42.3 Å². The van der Waals surface area contributed by atoms with Gasteiger partial charge in [0.1, 0.15) is 12.4 Å². The molecule has 0 aliphatic carbocycles. The van der Waals surface area contributed by atoms with Gasteiger partial charge in [-0.25, -0.2) is 8.42 Å². The summed E-state index contributed by atoms with van der Waals surface area (Å²) in [6, 6.07) is 12.7. The number of ether oxygens (including phenoxy) is 1. The zero-order valence-corrected chi connectivity index (χ0v) is 17.8. The maximum atomic E-state index is 12.3. The van der Waals surface area contributed by atoms with E-state index in [1.54, 1.807) is 25.1 Å². The van der Waals surface area contributed by atoms with Crippen LogP contribution in [0.3, 0.4) is 0 Å². The first-order valence-electron chi connectivity index (χ1n) is 9.06. The van der Waals surface area contributed by atoms with Gasteiger partial charge in [0.15, 0.2) is 0 Å². The van der Waals surface area contributed by atoms with E-state index in [0.717, 1.165) is 17.6 Å². The van der Waals surface area contributed by atoms with E-state index in [2.05, 4.69) is 30.8 Å². The molecule has 0 atom stereocenters. The molecule has 2 rings (SSSR count). The van der Waals surface area contributed by atoms with Crippen molar-refractivity contribution in [3.05, 3.63) is 59.2 Å². The number of para-hydroxylation sites is 1. The molecule has 2 aromatic rings. The topological polar surface area (TPSA) is 84.5 Å². The third-order valence-electron chi connectivity index (χ3n) is 4.12. The molecule has 6 nitrogen and oxygen atoms in total. The number of amides is 1. The molecular formula is C21H28N2O4S.